The number of aromatic amines is 2. The molecule has 2 saturated heterocycles. The van der Waals surface area contributed by atoms with Gasteiger partial charge in [-0.1, -0.05) is 60.7 Å². The molecule has 2 amide bonds. The predicted molar refractivity (Wildman–Crippen MR) is 181 cm³/mol. The van der Waals surface area contributed by atoms with E-state index in [-0.39, 0.29) is 29.8 Å². The van der Waals surface area contributed by atoms with E-state index in [1.54, 1.807) is 6.20 Å². The fourth-order valence-corrected chi connectivity index (χ4v) is 7.10. The van der Waals surface area contributed by atoms with Gasteiger partial charge in [-0.15, -0.1) is 0 Å². The number of nitrogens with one attached hydrogen (secondary N) is 2. The molecule has 6 rings (SSSR count). The Morgan fingerprint density at radius 1 is 0.771 bits per heavy atom. The maximum atomic E-state index is 14.0. The summed E-state index contributed by atoms with van der Waals surface area (Å²) in [5.74, 6) is 0.822. The fraction of sp³-hybridized carbons (Fsp3) is 0.417. The number of hydrogen-bond donors (Lipinski definition) is 2. The van der Waals surface area contributed by atoms with Gasteiger partial charge >= 0.3 is 5.97 Å². The minimum atomic E-state index is -0.506. The smallest absolute Gasteiger partial charge is 0.309 e. The molecule has 0 saturated carbocycles. The van der Waals surface area contributed by atoms with Crippen LogP contribution in [0.2, 0.25) is 0 Å². The summed E-state index contributed by atoms with van der Waals surface area (Å²) in [6.07, 6.45) is 4.84. The molecule has 0 aliphatic carbocycles. The second-order valence-corrected chi connectivity index (χ2v) is 13.0. The first-order chi connectivity index (χ1) is 23.1. The standard InChI is InChI=1S/C36H44N8O4/c1-23(45)48-34-29(39-33(40-34)28-19-13-21-44(28)36(47)31(42(4)5)25-16-10-7-11-17-25)26-22-37-32(38-26)27-18-12-20-43(27)35(46)30(41(2)3)24-14-8-6-9-15-24/h6-11,14-17,22,27-28,30-31H,12-13,18-21H2,1-5H3,(H,37,38)(H,39,40)/t27-,28-,30+,31+/m0/s1. The van der Waals surface area contributed by atoms with E-state index in [2.05, 4.69) is 9.97 Å². The highest BCUT2D eigenvalue weighted by molar-refractivity contribution is 5.84. The van der Waals surface area contributed by atoms with Gasteiger partial charge in [-0.05, 0) is 65.0 Å². The number of carbonyl (C=O) groups excluding carboxylic acids is 3. The number of likely N-dealkylation sites (tertiary alicyclic amines) is 2. The van der Waals surface area contributed by atoms with Gasteiger partial charge in [0, 0.05) is 20.0 Å². The Kier molecular flexibility index (Phi) is 9.74. The summed E-state index contributed by atoms with van der Waals surface area (Å²) in [5, 5.41) is 0. The molecule has 2 aliphatic heterocycles. The van der Waals surface area contributed by atoms with E-state index in [9.17, 15) is 14.4 Å². The van der Waals surface area contributed by atoms with Crippen LogP contribution in [0.1, 0.15) is 79.6 Å². The number of rotatable bonds is 10. The zero-order chi connectivity index (χ0) is 33.9. The highest BCUT2D eigenvalue weighted by atomic mass is 16.5. The highest BCUT2D eigenvalue weighted by Gasteiger charge is 2.39. The first kappa shape index (κ1) is 33.1. The van der Waals surface area contributed by atoms with E-state index in [0.717, 1.165) is 36.8 Å². The lowest BCUT2D eigenvalue weighted by Crippen LogP contribution is -2.40. The van der Waals surface area contributed by atoms with Crippen molar-refractivity contribution in [2.75, 3.05) is 41.3 Å². The van der Waals surface area contributed by atoms with E-state index in [4.69, 9.17) is 14.7 Å². The van der Waals surface area contributed by atoms with E-state index < -0.39 is 18.1 Å². The largest absolute Gasteiger partial charge is 0.405 e. The average molecular weight is 653 g/mol. The van der Waals surface area contributed by atoms with Crippen LogP contribution in [0.5, 0.6) is 5.88 Å². The molecule has 0 bridgehead atoms. The lowest BCUT2D eigenvalue weighted by Gasteiger charge is -2.31. The van der Waals surface area contributed by atoms with Crippen molar-refractivity contribution in [3.63, 3.8) is 0 Å². The van der Waals surface area contributed by atoms with Crippen LogP contribution < -0.4 is 4.74 Å². The van der Waals surface area contributed by atoms with Gasteiger partial charge in [0.1, 0.15) is 29.4 Å². The van der Waals surface area contributed by atoms with E-state index in [1.807, 2.05) is 108 Å². The summed E-state index contributed by atoms with van der Waals surface area (Å²) in [7, 11) is 7.64. The second-order valence-electron chi connectivity index (χ2n) is 13.0. The van der Waals surface area contributed by atoms with Gasteiger partial charge in [0.2, 0.25) is 17.7 Å². The number of likely N-dealkylation sites (N-methyl/N-ethyl adjacent to an activating group) is 2. The normalized spacial score (nSPS) is 19.2. The van der Waals surface area contributed by atoms with Crippen LogP contribution in [0.15, 0.2) is 66.9 Å². The molecule has 2 aromatic heterocycles. The molecule has 2 N–H and O–H groups in total. The van der Waals surface area contributed by atoms with Crippen molar-refractivity contribution in [1.82, 2.24) is 39.5 Å². The quantitative estimate of drug-likeness (QED) is 0.237. The van der Waals surface area contributed by atoms with Crippen molar-refractivity contribution in [3.8, 4) is 17.3 Å². The molecule has 4 atom stereocenters. The maximum absolute atomic E-state index is 14.0. The number of carbonyl (C=O) groups is 3. The Bertz CT molecular complexity index is 1730. The first-order valence-corrected chi connectivity index (χ1v) is 16.5. The van der Waals surface area contributed by atoms with E-state index in [0.29, 0.717) is 36.1 Å². The van der Waals surface area contributed by atoms with Crippen molar-refractivity contribution in [2.24, 2.45) is 0 Å². The van der Waals surface area contributed by atoms with Gasteiger partial charge < -0.3 is 24.5 Å². The third kappa shape index (κ3) is 6.63. The minimum Gasteiger partial charge on any atom is -0.405 e. The van der Waals surface area contributed by atoms with Crippen LogP contribution >= 0.6 is 0 Å². The van der Waals surface area contributed by atoms with Crippen LogP contribution in [0.4, 0.5) is 0 Å². The SMILES string of the molecule is CC(=O)Oc1nc([C@@H]2CCCN2C(=O)[C@@H](c2ccccc2)N(C)C)[nH]c1-c1cnc([C@@H]2CCCN2C(=O)[C@@H](c2ccccc2)N(C)C)[nH]1. The van der Waals surface area contributed by atoms with Crippen LogP contribution in [-0.4, -0.2) is 98.6 Å². The van der Waals surface area contributed by atoms with E-state index >= 15 is 0 Å². The molecular formula is C36H44N8O4. The molecule has 2 aromatic carbocycles. The Labute approximate surface area is 281 Å². The number of H-pyrrole nitrogens is 2. The van der Waals surface area contributed by atoms with Crippen molar-refractivity contribution >= 4 is 17.8 Å². The summed E-state index contributed by atoms with van der Waals surface area (Å²) in [4.78, 5) is 64.0. The molecule has 0 unspecified atom stereocenters. The maximum Gasteiger partial charge on any atom is 0.309 e. The number of ether oxygens (including phenoxy) is 1. The molecule has 252 valence electrons. The first-order valence-electron chi connectivity index (χ1n) is 16.5. The van der Waals surface area contributed by atoms with Crippen molar-refractivity contribution < 1.29 is 19.1 Å². The Balaban J connectivity index is 1.28. The Hall–Kier alpha value is -4.81. The average Bonchev–Trinajstić information content (AvgIpc) is 3.87. The summed E-state index contributed by atoms with van der Waals surface area (Å²) in [5.41, 5.74) is 2.91. The van der Waals surface area contributed by atoms with Gasteiger partial charge in [0.05, 0.1) is 24.0 Å². The van der Waals surface area contributed by atoms with Gasteiger partial charge in [-0.25, -0.2) is 4.98 Å². The monoisotopic (exact) mass is 652 g/mol. The number of benzene rings is 2. The summed E-state index contributed by atoms with van der Waals surface area (Å²) < 4.78 is 5.58. The molecule has 2 aliphatic rings. The van der Waals surface area contributed by atoms with Crippen LogP contribution in [0, 0.1) is 0 Å². The summed E-state index contributed by atoms with van der Waals surface area (Å²) in [6.45, 7) is 2.56. The van der Waals surface area contributed by atoms with Crippen molar-refractivity contribution in [2.45, 2.75) is 56.8 Å². The molecule has 4 heterocycles. The van der Waals surface area contributed by atoms with Crippen LogP contribution in [0.3, 0.4) is 0 Å². The fourth-order valence-electron chi connectivity index (χ4n) is 7.10. The molecule has 12 heteroatoms. The molecule has 12 nitrogen and oxygen atoms in total. The molecular weight excluding hydrogens is 608 g/mol. The lowest BCUT2D eigenvalue weighted by atomic mass is 10.0. The Morgan fingerprint density at radius 2 is 1.27 bits per heavy atom. The van der Waals surface area contributed by atoms with Crippen molar-refractivity contribution in [1.29, 1.82) is 0 Å². The predicted octanol–water partition coefficient (Wildman–Crippen LogP) is 4.66. The van der Waals surface area contributed by atoms with E-state index in [1.165, 1.54) is 6.92 Å². The number of amides is 2. The topological polar surface area (TPSA) is 131 Å². The van der Waals surface area contributed by atoms with Gasteiger partial charge in [-0.3, -0.25) is 24.2 Å². The molecule has 2 fully saturated rings. The van der Waals surface area contributed by atoms with Gasteiger partial charge in [-0.2, -0.15) is 4.98 Å². The zero-order valence-corrected chi connectivity index (χ0v) is 28.2. The number of nitrogens with zero attached hydrogens (tertiary/aromatic N) is 6. The third-order valence-electron chi connectivity index (χ3n) is 9.23. The molecule has 0 radical (unpaired) electrons. The van der Waals surface area contributed by atoms with Crippen LogP contribution in [-0.2, 0) is 14.4 Å². The number of aromatic nitrogens is 4. The summed E-state index contributed by atoms with van der Waals surface area (Å²) in [6, 6.07) is 18.1. The minimum absolute atomic E-state index is 0.0120. The zero-order valence-electron chi connectivity index (χ0n) is 28.2. The Morgan fingerprint density at radius 3 is 1.75 bits per heavy atom. The number of imidazole rings is 2. The van der Waals surface area contributed by atoms with Crippen molar-refractivity contribution in [3.05, 3.63) is 89.6 Å². The molecule has 0 spiro atoms. The second kappa shape index (κ2) is 14.1. The van der Waals surface area contributed by atoms with Gasteiger partial charge in [0.15, 0.2) is 0 Å². The van der Waals surface area contributed by atoms with Crippen LogP contribution in [0.25, 0.3) is 11.4 Å². The highest BCUT2D eigenvalue weighted by Crippen LogP contribution is 2.39. The molecule has 48 heavy (non-hydrogen) atoms. The number of esters is 1. The summed E-state index contributed by atoms with van der Waals surface area (Å²) >= 11 is 0. The number of hydrogen-bond acceptors (Lipinski definition) is 8. The lowest BCUT2D eigenvalue weighted by molar-refractivity contribution is -0.138. The third-order valence-corrected chi connectivity index (χ3v) is 9.23. The van der Waals surface area contributed by atoms with Gasteiger partial charge in [0.25, 0.3) is 0 Å². The molecule has 4 aromatic rings.